The molecule has 0 saturated carbocycles. The minimum absolute atomic E-state index is 0.0456. The van der Waals surface area contributed by atoms with Crippen LogP contribution in [0.4, 0.5) is 4.39 Å². The van der Waals surface area contributed by atoms with Gasteiger partial charge in [-0.05, 0) is 50.4 Å². The molecule has 2 radical (unpaired) electrons. The molecule has 0 heterocycles. The first-order valence-electron chi connectivity index (χ1n) is 5.56. The number of halogens is 1. The molecule has 5 heteroatoms. The topological polar surface area (TPSA) is 21.3 Å². The number of hydrogen-bond acceptors (Lipinski definition) is 3. The van der Waals surface area contributed by atoms with E-state index in [-0.39, 0.29) is 11.0 Å². The van der Waals surface area contributed by atoms with Crippen LogP contribution >= 0.6 is 11.9 Å². The van der Waals surface area contributed by atoms with E-state index in [0.29, 0.717) is 0 Å². The summed E-state index contributed by atoms with van der Waals surface area (Å²) in [7, 11) is 7.13. The predicted molar refractivity (Wildman–Crippen MR) is 76.6 cm³/mol. The zero-order chi connectivity index (χ0) is 13.8. The average molecular weight is 265 g/mol. The number of ether oxygens (including phenoxy) is 1. The Kier molecular flexibility index (Phi) is 5.29. The van der Waals surface area contributed by atoms with Crippen LogP contribution in [-0.4, -0.2) is 20.5 Å². The molecule has 96 valence electrons. The maximum absolute atomic E-state index is 13.4. The van der Waals surface area contributed by atoms with Crippen LogP contribution in [0.2, 0.25) is 0 Å². The van der Waals surface area contributed by atoms with Crippen LogP contribution in [0, 0.1) is 5.82 Å². The van der Waals surface area contributed by atoms with Gasteiger partial charge in [0.2, 0.25) is 0 Å². The van der Waals surface area contributed by atoms with Gasteiger partial charge in [-0.15, -0.1) is 0 Å². The molecule has 0 atom stereocenters. The highest BCUT2D eigenvalue weighted by Gasteiger charge is 2.12. The summed E-state index contributed by atoms with van der Waals surface area (Å²) in [5.74, 6) is -0.425. The van der Waals surface area contributed by atoms with Gasteiger partial charge in [-0.1, -0.05) is 11.5 Å². The Balaban J connectivity index is 3.00. The van der Waals surface area contributed by atoms with Crippen molar-refractivity contribution in [3.8, 4) is 0 Å². The number of methoxy groups -OCH3 is 1. The minimum atomic E-state index is -0.425. The fourth-order valence-electron chi connectivity index (χ4n) is 1.15. The zero-order valence-corrected chi connectivity index (χ0v) is 11.9. The zero-order valence-electron chi connectivity index (χ0n) is 11.1. The second-order valence-electron chi connectivity index (χ2n) is 4.90. The monoisotopic (exact) mass is 265 g/mol. The SMILES string of the molecule is [B]c1cc(SNC(C)(C)C)c(/C=C\OC)cc1F. The molecule has 0 fully saturated rings. The first kappa shape index (κ1) is 15.1. The van der Waals surface area contributed by atoms with Crippen LogP contribution in [0.3, 0.4) is 0 Å². The molecule has 1 aromatic rings. The van der Waals surface area contributed by atoms with Crippen LogP contribution in [-0.2, 0) is 4.74 Å². The Bertz CT molecular complexity index is 443. The molecule has 0 spiro atoms. The van der Waals surface area contributed by atoms with Gasteiger partial charge in [-0.2, -0.15) is 0 Å². The summed E-state index contributed by atoms with van der Waals surface area (Å²) >= 11 is 1.42. The van der Waals surface area contributed by atoms with E-state index in [9.17, 15) is 4.39 Å². The average Bonchev–Trinajstić information content (AvgIpc) is 2.27. The van der Waals surface area contributed by atoms with Crippen molar-refractivity contribution in [2.75, 3.05) is 7.11 Å². The standard InChI is InChI=1S/C13H17BFNOS/c1-13(2,3)16-18-12-8-10(14)11(15)7-9(12)5-6-17-4/h5-8,16H,1-4H3/b6-5-. The van der Waals surface area contributed by atoms with Crippen LogP contribution in [0.25, 0.3) is 6.08 Å². The third-order valence-corrected chi connectivity index (χ3v) is 3.27. The van der Waals surface area contributed by atoms with E-state index >= 15 is 0 Å². The van der Waals surface area contributed by atoms with Gasteiger partial charge in [-0.25, -0.2) is 4.39 Å². The third kappa shape index (κ3) is 4.74. The highest BCUT2D eigenvalue weighted by molar-refractivity contribution is 7.97. The summed E-state index contributed by atoms with van der Waals surface area (Å²) in [6, 6.07) is 3.02. The highest BCUT2D eigenvalue weighted by Crippen LogP contribution is 2.23. The third-order valence-electron chi connectivity index (χ3n) is 1.98. The summed E-state index contributed by atoms with van der Waals surface area (Å²) in [6.45, 7) is 6.16. The molecular formula is C13H17BFNOS. The maximum atomic E-state index is 13.4. The molecule has 0 saturated heterocycles. The Hall–Kier alpha value is -0.935. The number of rotatable bonds is 4. The first-order chi connectivity index (χ1) is 8.33. The van der Waals surface area contributed by atoms with Crippen LogP contribution in [0.15, 0.2) is 23.3 Å². The van der Waals surface area contributed by atoms with Crippen molar-refractivity contribution in [1.29, 1.82) is 0 Å². The molecule has 0 unspecified atom stereocenters. The van der Waals surface area contributed by atoms with E-state index in [4.69, 9.17) is 12.6 Å². The lowest BCUT2D eigenvalue weighted by molar-refractivity contribution is 0.341. The van der Waals surface area contributed by atoms with Crippen molar-refractivity contribution in [1.82, 2.24) is 4.72 Å². The van der Waals surface area contributed by atoms with Gasteiger partial charge in [-0.3, -0.25) is 4.72 Å². The van der Waals surface area contributed by atoms with Gasteiger partial charge in [0.1, 0.15) is 13.7 Å². The molecule has 2 nitrogen and oxygen atoms in total. The lowest BCUT2D eigenvalue weighted by Crippen LogP contribution is -2.30. The molecule has 0 aliphatic carbocycles. The normalized spacial score (nSPS) is 12.1. The first-order valence-corrected chi connectivity index (χ1v) is 6.37. The molecule has 1 rings (SSSR count). The lowest BCUT2D eigenvalue weighted by atomic mass is 9.94. The van der Waals surface area contributed by atoms with E-state index in [1.165, 1.54) is 24.3 Å². The molecule has 0 aliphatic rings. The smallest absolute Gasteiger partial charge is 0.117 e. The van der Waals surface area contributed by atoms with E-state index < -0.39 is 5.82 Å². The molecule has 0 bridgehead atoms. The van der Waals surface area contributed by atoms with Crippen molar-refractivity contribution in [3.63, 3.8) is 0 Å². The van der Waals surface area contributed by atoms with Gasteiger partial charge in [0.05, 0.1) is 13.4 Å². The molecule has 0 aliphatic heterocycles. The second kappa shape index (κ2) is 6.30. The highest BCUT2D eigenvalue weighted by atomic mass is 32.2. The Morgan fingerprint density at radius 2 is 2.06 bits per heavy atom. The van der Waals surface area contributed by atoms with Crippen molar-refractivity contribution in [3.05, 3.63) is 29.8 Å². The molecule has 0 aromatic heterocycles. The molecular weight excluding hydrogens is 248 g/mol. The molecule has 0 amide bonds. The summed E-state index contributed by atoms with van der Waals surface area (Å²) in [5, 5.41) is 0. The van der Waals surface area contributed by atoms with Crippen LogP contribution in [0.1, 0.15) is 26.3 Å². The van der Waals surface area contributed by atoms with Crippen molar-refractivity contribution in [2.45, 2.75) is 31.2 Å². The molecule has 1 N–H and O–H groups in total. The largest absolute Gasteiger partial charge is 0.504 e. The van der Waals surface area contributed by atoms with Gasteiger partial charge >= 0.3 is 0 Å². The quantitative estimate of drug-likeness (QED) is 0.513. The maximum Gasteiger partial charge on any atom is 0.117 e. The molecule has 18 heavy (non-hydrogen) atoms. The van der Waals surface area contributed by atoms with E-state index in [0.717, 1.165) is 10.5 Å². The Morgan fingerprint density at radius 1 is 1.39 bits per heavy atom. The van der Waals surface area contributed by atoms with Gasteiger partial charge < -0.3 is 4.74 Å². The Labute approximate surface area is 114 Å². The van der Waals surface area contributed by atoms with Crippen LogP contribution in [0.5, 0.6) is 0 Å². The van der Waals surface area contributed by atoms with Crippen LogP contribution < -0.4 is 10.2 Å². The summed E-state index contributed by atoms with van der Waals surface area (Å²) in [6.07, 6.45) is 3.21. The summed E-state index contributed by atoms with van der Waals surface area (Å²) in [5.41, 5.74) is 0.823. The number of hydrogen-bond donors (Lipinski definition) is 1. The number of benzene rings is 1. The van der Waals surface area contributed by atoms with Gasteiger partial charge in [0, 0.05) is 10.4 Å². The van der Waals surface area contributed by atoms with Gasteiger partial charge in [0.15, 0.2) is 0 Å². The fraction of sp³-hybridized carbons (Fsp3) is 0.385. The van der Waals surface area contributed by atoms with Crippen molar-refractivity contribution >= 4 is 31.3 Å². The van der Waals surface area contributed by atoms with E-state index in [1.54, 1.807) is 19.3 Å². The van der Waals surface area contributed by atoms with Crippen molar-refractivity contribution < 1.29 is 9.13 Å². The van der Waals surface area contributed by atoms with Gasteiger partial charge in [0.25, 0.3) is 0 Å². The Morgan fingerprint density at radius 3 is 2.61 bits per heavy atom. The van der Waals surface area contributed by atoms with Crippen molar-refractivity contribution in [2.24, 2.45) is 0 Å². The lowest BCUT2D eigenvalue weighted by Gasteiger charge is -2.20. The molecule has 1 aromatic carbocycles. The predicted octanol–water partition coefficient (Wildman–Crippen LogP) is 2.63. The summed E-state index contributed by atoms with van der Waals surface area (Å²) < 4.78 is 21.5. The second-order valence-corrected chi connectivity index (χ2v) is 5.75. The van der Waals surface area contributed by atoms with E-state index in [1.807, 2.05) is 0 Å². The summed E-state index contributed by atoms with van der Waals surface area (Å²) in [4.78, 5) is 0.858. The minimum Gasteiger partial charge on any atom is -0.504 e. The van der Waals surface area contributed by atoms with E-state index in [2.05, 4.69) is 25.5 Å². The fourth-order valence-corrected chi connectivity index (χ4v) is 2.00. The number of nitrogens with one attached hydrogen (secondary N) is 1.